The first-order valence-electron chi connectivity index (χ1n) is 8.47. The van der Waals surface area contributed by atoms with Crippen LogP contribution in [0.2, 0.25) is 0 Å². The van der Waals surface area contributed by atoms with Crippen LogP contribution in [0.1, 0.15) is 103 Å². The third-order valence-electron chi connectivity index (χ3n) is 3.73. The van der Waals surface area contributed by atoms with E-state index in [9.17, 15) is 9.90 Å². The molecule has 3 heteroatoms. The fourth-order valence-corrected chi connectivity index (χ4v) is 2.46. The molecule has 0 aliphatic rings. The number of hydrogen-bond acceptors (Lipinski definition) is 2. The molecule has 0 rings (SSSR count). The normalized spacial score (nSPS) is 10.2. The Hall–Kier alpha value is 0.210. The van der Waals surface area contributed by atoms with Gasteiger partial charge in [-0.25, -0.2) is 0 Å². The van der Waals surface area contributed by atoms with E-state index >= 15 is 0 Å². The summed E-state index contributed by atoms with van der Waals surface area (Å²) in [5.74, 6) is -0.904. The van der Waals surface area contributed by atoms with Crippen LogP contribution in [-0.2, 0) is 27.2 Å². The number of carbonyl (C=O) groups excluding carboxylic acids is 1. The molecule has 2 nitrogen and oxygen atoms in total. The van der Waals surface area contributed by atoms with Gasteiger partial charge in [-0.1, -0.05) is 90.4 Å². The van der Waals surface area contributed by atoms with E-state index in [0.29, 0.717) is 0 Å². The molecule has 0 unspecified atom stereocenters. The molecule has 0 aliphatic carbocycles. The number of aliphatic carboxylic acids is 1. The van der Waals surface area contributed by atoms with Crippen molar-refractivity contribution in [2.75, 3.05) is 0 Å². The van der Waals surface area contributed by atoms with Crippen LogP contribution in [-0.4, -0.2) is 5.97 Å². The average molecular weight is 377 g/mol. The van der Waals surface area contributed by atoms with Crippen molar-refractivity contribution in [2.45, 2.75) is 103 Å². The molecule has 0 fully saturated rings. The predicted molar refractivity (Wildman–Crippen MR) is 79.9 cm³/mol. The maximum Gasteiger partial charge on any atom is 1.00 e. The number of carboxylic acid groups (broad SMARTS) is 1. The fourth-order valence-electron chi connectivity index (χ4n) is 2.46. The minimum Gasteiger partial charge on any atom is -0.550 e. The maximum absolute atomic E-state index is 10.2. The van der Waals surface area contributed by atoms with Crippen molar-refractivity contribution < 1.29 is 32.3 Å². The fraction of sp³-hybridized carbons (Fsp3) is 0.941. The summed E-state index contributed by atoms with van der Waals surface area (Å²) in [6.07, 6.45) is 18.4. The van der Waals surface area contributed by atoms with Gasteiger partial charge in [0.25, 0.3) is 0 Å². The van der Waals surface area contributed by atoms with Crippen LogP contribution < -0.4 is 5.11 Å². The topological polar surface area (TPSA) is 40.1 Å². The van der Waals surface area contributed by atoms with E-state index in [1.807, 2.05) is 0 Å². The van der Waals surface area contributed by atoms with Gasteiger partial charge in [-0.05, 0) is 12.8 Å². The first-order chi connectivity index (χ1) is 9.27. The van der Waals surface area contributed by atoms with Gasteiger partial charge >= 0.3 is 22.4 Å². The Labute approximate surface area is 141 Å². The second kappa shape index (κ2) is 19.2. The van der Waals surface area contributed by atoms with Gasteiger partial charge in [0, 0.05) is 5.97 Å². The van der Waals surface area contributed by atoms with Gasteiger partial charge in [0.1, 0.15) is 0 Å². The van der Waals surface area contributed by atoms with Gasteiger partial charge in [0.15, 0.2) is 0 Å². The SMILES string of the molecule is CCCCCCCCCCCCCCCCC(=O)[O-].[Ag+]. The summed E-state index contributed by atoms with van der Waals surface area (Å²) >= 11 is 0. The second-order valence-electron chi connectivity index (χ2n) is 5.72. The first kappa shape index (κ1) is 22.5. The van der Waals surface area contributed by atoms with E-state index < -0.39 is 5.97 Å². The van der Waals surface area contributed by atoms with Gasteiger partial charge in [0.05, 0.1) is 0 Å². The summed E-state index contributed by atoms with van der Waals surface area (Å²) in [6, 6.07) is 0. The molecule has 0 aromatic heterocycles. The predicted octanol–water partition coefficient (Wildman–Crippen LogP) is 4.61. The molecule has 0 atom stereocenters. The smallest absolute Gasteiger partial charge is 0.550 e. The Kier molecular flexibility index (Phi) is 21.6. The molecule has 0 aromatic rings. The molecular formula is C17H33AgO2. The molecule has 0 aliphatic heterocycles. The van der Waals surface area contributed by atoms with Crippen LogP contribution in [0.25, 0.3) is 0 Å². The standard InChI is InChI=1S/C17H34O2.Ag/c1-2-3-4-5-6-7-8-9-10-11-12-13-14-15-16-17(18)19;/h2-16H2,1H3,(H,18,19);/q;+1/p-1. The number of carboxylic acids is 1. The largest absolute Gasteiger partial charge is 1.00 e. The minimum absolute atomic E-state index is 0. The van der Waals surface area contributed by atoms with E-state index in [1.54, 1.807) is 0 Å². The molecular weight excluding hydrogens is 344 g/mol. The Morgan fingerprint density at radius 2 is 0.950 bits per heavy atom. The molecule has 0 radical (unpaired) electrons. The second-order valence-corrected chi connectivity index (χ2v) is 5.72. The van der Waals surface area contributed by atoms with Crippen LogP contribution in [0.3, 0.4) is 0 Å². The molecule has 0 saturated carbocycles. The molecule has 0 saturated heterocycles. The average Bonchev–Trinajstić information content (AvgIpc) is 2.39. The van der Waals surface area contributed by atoms with Crippen molar-refractivity contribution >= 4 is 5.97 Å². The van der Waals surface area contributed by atoms with Crippen LogP contribution in [0, 0.1) is 0 Å². The first-order valence-corrected chi connectivity index (χ1v) is 8.47. The summed E-state index contributed by atoms with van der Waals surface area (Å²) in [4.78, 5) is 10.2. The third kappa shape index (κ3) is 20.5. The summed E-state index contributed by atoms with van der Waals surface area (Å²) in [6.45, 7) is 2.26. The summed E-state index contributed by atoms with van der Waals surface area (Å²) in [7, 11) is 0. The van der Waals surface area contributed by atoms with Gasteiger partial charge in [0.2, 0.25) is 0 Å². The third-order valence-corrected chi connectivity index (χ3v) is 3.73. The maximum atomic E-state index is 10.2. The molecule has 0 bridgehead atoms. The van der Waals surface area contributed by atoms with Crippen LogP contribution in [0.5, 0.6) is 0 Å². The van der Waals surface area contributed by atoms with Crippen molar-refractivity contribution in [3.63, 3.8) is 0 Å². The summed E-state index contributed by atoms with van der Waals surface area (Å²) in [5, 5.41) is 10.2. The van der Waals surface area contributed by atoms with Gasteiger partial charge < -0.3 is 9.90 Å². The zero-order chi connectivity index (χ0) is 14.2. The van der Waals surface area contributed by atoms with Gasteiger partial charge in [-0.3, -0.25) is 0 Å². The van der Waals surface area contributed by atoms with Crippen molar-refractivity contribution in [2.24, 2.45) is 0 Å². The van der Waals surface area contributed by atoms with E-state index in [2.05, 4.69) is 6.92 Å². The molecule has 0 amide bonds. The molecule has 124 valence electrons. The molecule has 0 heterocycles. The van der Waals surface area contributed by atoms with Crippen LogP contribution in [0.15, 0.2) is 0 Å². The Morgan fingerprint density at radius 1 is 0.650 bits per heavy atom. The van der Waals surface area contributed by atoms with E-state index in [-0.39, 0.29) is 28.8 Å². The Morgan fingerprint density at radius 3 is 1.25 bits per heavy atom. The number of carbonyl (C=O) groups is 1. The zero-order valence-corrected chi connectivity index (χ0v) is 14.7. The van der Waals surface area contributed by atoms with Gasteiger partial charge in [-0.15, -0.1) is 0 Å². The molecule has 0 spiro atoms. The number of rotatable bonds is 15. The van der Waals surface area contributed by atoms with E-state index in [1.165, 1.54) is 77.0 Å². The van der Waals surface area contributed by atoms with E-state index in [0.717, 1.165) is 12.8 Å². The summed E-state index contributed by atoms with van der Waals surface area (Å²) < 4.78 is 0. The zero-order valence-electron chi connectivity index (χ0n) is 13.2. The van der Waals surface area contributed by atoms with Crippen LogP contribution >= 0.6 is 0 Å². The van der Waals surface area contributed by atoms with Crippen LogP contribution in [0.4, 0.5) is 0 Å². The molecule has 20 heavy (non-hydrogen) atoms. The Bertz CT molecular complexity index is 195. The Balaban J connectivity index is 0. The molecule has 0 aromatic carbocycles. The quantitative estimate of drug-likeness (QED) is 0.309. The monoisotopic (exact) mass is 376 g/mol. The van der Waals surface area contributed by atoms with E-state index in [4.69, 9.17) is 0 Å². The van der Waals surface area contributed by atoms with Crippen molar-refractivity contribution in [3.8, 4) is 0 Å². The summed E-state index contributed by atoms with van der Waals surface area (Å²) in [5.41, 5.74) is 0. The number of hydrogen-bond donors (Lipinski definition) is 0. The number of unbranched alkanes of at least 4 members (excludes halogenated alkanes) is 13. The minimum atomic E-state index is -0.904. The van der Waals surface area contributed by atoms with Crippen molar-refractivity contribution in [3.05, 3.63) is 0 Å². The molecule has 0 N–H and O–H groups in total. The van der Waals surface area contributed by atoms with Gasteiger partial charge in [-0.2, -0.15) is 0 Å². The van der Waals surface area contributed by atoms with Crippen molar-refractivity contribution in [1.29, 1.82) is 0 Å². The van der Waals surface area contributed by atoms with Crippen molar-refractivity contribution in [1.82, 2.24) is 0 Å².